The fourth-order valence-corrected chi connectivity index (χ4v) is 3.72. The maximum Gasteiger partial charge on any atom is 0.573 e. The number of anilines is 2. The molecular weight excluding hydrogens is 505 g/mol. The standard InChI is InChI=1S/C26H17F3N4O5/c1-33-21-12-17(31-23(34)15-4-7-18(8-5-15)38-26(27,28)29)6-3-16(21)11-22(33)24(35)32-20-9-2-14(13-30)10-19(20)25(36)37/h2-12H,1H3,(H,31,34)(H,32,35)(H,36,37). The molecule has 2 amide bonds. The summed E-state index contributed by atoms with van der Waals surface area (Å²) in [5.74, 6) is -2.93. The van der Waals surface area contributed by atoms with Crippen molar-refractivity contribution in [3.8, 4) is 11.8 Å². The Labute approximate surface area is 212 Å². The van der Waals surface area contributed by atoms with E-state index in [1.165, 1.54) is 24.3 Å². The monoisotopic (exact) mass is 522 g/mol. The molecule has 9 nitrogen and oxygen atoms in total. The first kappa shape index (κ1) is 25.8. The van der Waals surface area contributed by atoms with Crippen molar-refractivity contribution in [3.05, 3.63) is 89.1 Å². The molecule has 3 aromatic carbocycles. The van der Waals surface area contributed by atoms with Crippen LogP contribution in [0.25, 0.3) is 10.9 Å². The first-order valence-electron chi connectivity index (χ1n) is 10.8. The molecule has 1 heterocycles. The van der Waals surface area contributed by atoms with E-state index < -0.39 is 29.9 Å². The van der Waals surface area contributed by atoms with E-state index in [0.29, 0.717) is 16.6 Å². The van der Waals surface area contributed by atoms with Gasteiger partial charge in [-0.1, -0.05) is 6.07 Å². The zero-order chi connectivity index (χ0) is 27.6. The van der Waals surface area contributed by atoms with Gasteiger partial charge in [-0.25, -0.2) is 4.79 Å². The number of fused-ring (bicyclic) bond motifs is 1. The van der Waals surface area contributed by atoms with Crippen molar-refractivity contribution in [2.75, 3.05) is 10.6 Å². The lowest BCUT2D eigenvalue weighted by Gasteiger charge is -2.10. The van der Waals surface area contributed by atoms with Crippen molar-refractivity contribution >= 4 is 40.1 Å². The van der Waals surface area contributed by atoms with Gasteiger partial charge in [0, 0.05) is 23.7 Å². The second-order valence-corrected chi connectivity index (χ2v) is 8.02. The Hall–Kier alpha value is -5.31. The number of carboxylic acids is 1. The van der Waals surface area contributed by atoms with Crippen molar-refractivity contribution in [2.24, 2.45) is 7.05 Å². The highest BCUT2D eigenvalue weighted by molar-refractivity contribution is 6.10. The Balaban J connectivity index is 1.53. The third-order valence-electron chi connectivity index (χ3n) is 5.51. The van der Waals surface area contributed by atoms with E-state index in [0.717, 1.165) is 18.2 Å². The number of aromatic nitrogens is 1. The van der Waals surface area contributed by atoms with Gasteiger partial charge in [0.25, 0.3) is 11.8 Å². The molecule has 0 aliphatic carbocycles. The molecule has 0 saturated carbocycles. The lowest BCUT2D eigenvalue weighted by atomic mass is 10.1. The number of rotatable bonds is 6. The molecule has 0 saturated heterocycles. The number of nitrogens with one attached hydrogen (secondary N) is 2. The Bertz CT molecular complexity index is 1620. The molecule has 192 valence electrons. The molecule has 12 heteroatoms. The van der Waals surface area contributed by atoms with Crippen LogP contribution in [0.5, 0.6) is 5.75 Å². The molecule has 0 atom stereocenters. The number of halogens is 3. The van der Waals surface area contributed by atoms with Crippen molar-refractivity contribution in [3.63, 3.8) is 0 Å². The van der Waals surface area contributed by atoms with Crippen molar-refractivity contribution in [1.82, 2.24) is 4.57 Å². The highest BCUT2D eigenvalue weighted by atomic mass is 19.4. The third-order valence-corrected chi connectivity index (χ3v) is 5.51. The number of alkyl halides is 3. The van der Waals surface area contributed by atoms with E-state index in [-0.39, 0.29) is 28.1 Å². The van der Waals surface area contributed by atoms with Gasteiger partial charge in [0.05, 0.1) is 28.4 Å². The van der Waals surface area contributed by atoms with Crippen LogP contribution in [0.3, 0.4) is 0 Å². The van der Waals surface area contributed by atoms with Crippen LogP contribution in [0.4, 0.5) is 24.5 Å². The topological polar surface area (TPSA) is 133 Å². The molecule has 0 radical (unpaired) electrons. The molecule has 4 rings (SSSR count). The Morgan fingerprint density at radius 1 is 0.947 bits per heavy atom. The largest absolute Gasteiger partial charge is 0.573 e. The average Bonchev–Trinajstić information content (AvgIpc) is 3.19. The summed E-state index contributed by atoms with van der Waals surface area (Å²) in [5.41, 5.74) is 1.15. The molecule has 38 heavy (non-hydrogen) atoms. The summed E-state index contributed by atoms with van der Waals surface area (Å²) in [6.07, 6.45) is -4.84. The van der Waals surface area contributed by atoms with Crippen molar-refractivity contribution < 1.29 is 37.4 Å². The second kappa shape index (κ2) is 9.98. The lowest BCUT2D eigenvalue weighted by molar-refractivity contribution is -0.274. The number of benzene rings is 3. The molecule has 0 unspecified atom stereocenters. The van der Waals surface area contributed by atoms with Gasteiger partial charge in [0.15, 0.2) is 0 Å². The fraction of sp³-hybridized carbons (Fsp3) is 0.0769. The Kier molecular flexibility index (Phi) is 6.77. The first-order chi connectivity index (χ1) is 17.9. The number of carbonyl (C=O) groups excluding carboxylic acids is 2. The summed E-state index contributed by atoms with van der Waals surface area (Å²) >= 11 is 0. The summed E-state index contributed by atoms with van der Waals surface area (Å²) in [6, 6.07) is 16.6. The summed E-state index contributed by atoms with van der Waals surface area (Å²) in [6.45, 7) is 0. The van der Waals surface area contributed by atoms with Gasteiger partial charge in [-0.2, -0.15) is 5.26 Å². The molecule has 0 fully saturated rings. The average molecular weight is 522 g/mol. The molecule has 3 N–H and O–H groups in total. The van der Waals surface area contributed by atoms with E-state index in [2.05, 4.69) is 15.4 Å². The minimum atomic E-state index is -4.84. The van der Waals surface area contributed by atoms with Gasteiger partial charge < -0.3 is 25.0 Å². The number of amides is 2. The number of ether oxygens (including phenoxy) is 1. The predicted octanol–water partition coefficient (Wildman–Crippen LogP) is 5.15. The number of carboxylic acid groups (broad SMARTS) is 1. The van der Waals surface area contributed by atoms with E-state index in [9.17, 15) is 32.7 Å². The highest BCUT2D eigenvalue weighted by Gasteiger charge is 2.31. The third kappa shape index (κ3) is 5.57. The minimum absolute atomic E-state index is 0.0198. The summed E-state index contributed by atoms with van der Waals surface area (Å²) in [4.78, 5) is 37.1. The number of hydrogen-bond donors (Lipinski definition) is 3. The summed E-state index contributed by atoms with van der Waals surface area (Å²) in [5, 5.41) is 24.3. The van der Waals surface area contributed by atoms with Crippen LogP contribution in [0.1, 0.15) is 36.8 Å². The molecule has 0 spiro atoms. The number of nitriles is 1. The fourth-order valence-electron chi connectivity index (χ4n) is 3.72. The van der Waals surface area contributed by atoms with Gasteiger partial charge in [0.1, 0.15) is 11.4 Å². The van der Waals surface area contributed by atoms with Gasteiger partial charge in [-0.05, 0) is 60.7 Å². The first-order valence-corrected chi connectivity index (χ1v) is 10.8. The normalized spacial score (nSPS) is 11.0. The number of aryl methyl sites for hydroxylation is 1. The van der Waals surface area contributed by atoms with Crippen LogP contribution in [-0.2, 0) is 7.05 Å². The number of carbonyl (C=O) groups is 3. The maximum atomic E-state index is 13.0. The second-order valence-electron chi connectivity index (χ2n) is 8.02. The van der Waals surface area contributed by atoms with Crippen molar-refractivity contribution in [1.29, 1.82) is 5.26 Å². The van der Waals surface area contributed by atoms with Gasteiger partial charge in [0.2, 0.25) is 0 Å². The lowest BCUT2D eigenvalue weighted by Crippen LogP contribution is -2.17. The SMILES string of the molecule is Cn1c(C(=O)Nc2ccc(C#N)cc2C(=O)O)cc2ccc(NC(=O)c3ccc(OC(F)(F)F)cc3)cc21. The highest BCUT2D eigenvalue weighted by Crippen LogP contribution is 2.26. The van der Waals surface area contributed by atoms with Crippen LogP contribution in [0.2, 0.25) is 0 Å². The molecular formula is C26H17F3N4O5. The minimum Gasteiger partial charge on any atom is -0.478 e. The van der Waals surface area contributed by atoms with E-state index >= 15 is 0 Å². The molecule has 4 aromatic rings. The summed E-state index contributed by atoms with van der Waals surface area (Å²) < 4.78 is 42.3. The smallest absolute Gasteiger partial charge is 0.478 e. The van der Waals surface area contributed by atoms with E-state index in [4.69, 9.17) is 5.26 Å². The molecule has 0 aliphatic rings. The quantitative estimate of drug-likeness (QED) is 0.321. The van der Waals surface area contributed by atoms with Crippen LogP contribution in [0, 0.1) is 11.3 Å². The van der Waals surface area contributed by atoms with E-state index in [1.54, 1.807) is 35.9 Å². The van der Waals surface area contributed by atoms with Gasteiger partial charge >= 0.3 is 12.3 Å². The Morgan fingerprint density at radius 3 is 2.29 bits per heavy atom. The van der Waals surface area contributed by atoms with Gasteiger partial charge in [-0.3, -0.25) is 9.59 Å². The van der Waals surface area contributed by atoms with E-state index in [1.807, 2.05) is 6.07 Å². The number of hydrogen-bond acceptors (Lipinski definition) is 5. The van der Waals surface area contributed by atoms with Crippen LogP contribution in [0.15, 0.2) is 66.7 Å². The zero-order valence-electron chi connectivity index (χ0n) is 19.5. The Morgan fingerprint density at radius 2 is 1.66 bits per heavy atom. The van der Waals surface area contributed by atoms with Crippen LogP contribution in [-0.4, -0.2) is 33.8 Å². The molecule has 1 aromatic heterocycles. The predicted molar refractivity (Wildman–Crippen MR) is 130 cm³/mol. The molecule has 0 bridgehead atoms. The van der Waals surface area contributed by atoms with Crippen LogP contribution >= 0.6 is 0 Å². The zero-order valence-corrected chi connectivity index (χ0v) is 19.5. The number of nitrogens with zero attached hydrogens (tertiary/aromatic N) is 2. The van der Waals surface area contributed by atoms with Crippen LogP contribution < -0.4 is 15.4 Å². The molecule has 0 aliphatic heterocycles. The number of aromatic carboxylic acids is 1. The van der Waals surface area contributed by atoms with Gasteiger partial charge in [-0.15, -0.1) is 13.2 Å². The maximum absolute atomic E-state index is 13.0. The summed E-state index contributed by atoms with van der Waals surface area (Å²) in [7, 11) is 1.61. The van der Waals surface area contributed by atoms with Crippen molar-refractivity contribution in [2.45, 2.75) is 6.36 Å².